The van der Waals surface area contributed by atoms with Gasteiger partial charge in [-0.2, -0.15) is 0 Å². The van der Waals surface area contributed by atoms with E-state index in [-0.39, 0.29) is 23.5 Å². The number of thiazole rings is 1. The summed E-state index contributed by atoms with van der Waals surface area (Å²) in [6, 6.07) is 5.08. The van der Waals surface area contributed by atoms with E-state index < -0.39 is 22.4 Å². The minimum atomic E-state index is -3.12. The molecule has 0 aliphatic carbocycles. The Morgan fingerprint density at radius 3 is 2.77 bits per heavy atom. The van der Waals surface area contributed by atoms with Crippen molar-refractivity contribution in [3.8, 4) is 10.7 Å². The monoisotopic (exact) mass is 451 g/mol. The zero-order valence-corrected chi connectivity index (χ0v) is 18.7. The van der Waals surface area contributed by atoms with Crippen molar-refractivity contribution in [1.82, 2.24) is 14.9 Å². The Balaban J connectivity index is 1.65. The molecule has 1 atom stereocenters. The minimum Gasteiger partial charge on any atom is -0.451 e. The van der Waals surface area contributed by atoms with Gasteiger partial charge in [0.1, 0.15) is 9.88 Å². The van der Waals surface area contributed by atoms with Gasteiger partial charge in [0.05, 0.1) is 22.9 Å². The molecular weight excluding hydrogens is 426 g/mol. The molecule has 3 rings (SSSR count). The standard InChI is InChI=1S/C20H25N3O5S2/c1-3-4-10-23(15-8-11-30(26,27)13-15)17(24)12-28-20(25)18-14(2)22-19(29-18)16-7-5-6-9-21-16/h5-7,9,15H,3-4,8,10-13H2,1-2H3/t15-/m1/s1. The van der Waals surface area contributed by atoms with E-state index >= 15 is 0 Å². The Kier molecular flexibility index (Phi) is 7.19. The van der Waals surface area contributed by atoms with Crippen LogP contribution >= 0.6 is 11.3 Å². The lowest BCUT2D eigenvalue weighted by Gasteiger charge is -2.28. The third-order valence-electron chi connectivity index (χ3n) is 4.91. The van der Waals surface area contributed by atoms with E-state index in [0.717, 1.165) is 12.8 Å². The second-order valence-corrected chi connectivity index (χ2v) is 10.5. The SMILES string of the molecule is CCCCN(C(=O)COC(=O)c1sc(-c2ccccn2)nc1C)[C@@H]1CCS(=O)(=O)C1. The van der Waals surface area contributed by atoms with Crippen LogP contribution in [0.25, 0.3) is 10.7 Å². The van der Waals surface area contributed by atoms with E-state index in [1.807, 2.05) is 13.0 Å². The summed E-state index contributed by atoms with van der Waals surface area (Å²) in [5, 5.41) is 0.604. The van der Waals surface area contributed by atoms with Crippen molar-refractivity contribution in [3.63, 3.8) is 0 Å². The molecule has 1 amide bonds. The van der Waals surface area contributed by atoms with Crippen molar-refractivity contribution < 1.29 is 22.7 Å². The molecule has 1 aliphatic rings. The number of aromatic nitrogens is 2. The Bertz CT molecular complexity index is 1000. The molecule has 1 aliphatic heterocycles. The molecule has 8 nitrogen and oxygen atoms in total. The molecule has 0 radical (unpaired) electrons. The molecule has 1 saturated heterocycles. The summed E-state index contributed by atoms with van der Waals surface area (Å²) in [6.07, 6.45) is 3.71. The number of esters is 1. The van der Waals surface area contributed by atoms with Crippen LogP contribution in [0.5, 0.6) is 0 Å². The topological polar surface area (TPSA) is 107 Å². The summed E-state index contributed by atoms with van der Waals surface area (Å²) >= 11 is 1.17. The number of sulfone groups is 1. The van der Waals surface area contributed by atoms with E-state index in [1.54, 1.807) is 30.2 Å². The highest BCUT2D eigenvalue weighted by molar-refractivity contribution is 7.91. The molecule has 2 aromatic heterocycles. The van der Waals surface area contributed by atoms with E-state index in [1.165, 1.54) is 11.3 Å². The van der Waals surface area contributed by atoms with Crippen LogP contribution in [0.2, 0.25) is 0 Å². The van der Waals surface area contributed by atoms with Crippen LogP contribution in [0, 0.1) is 6.92 Å². The predicted octanol–water partition coefficient (Wildman–Crippen LogP) is 2.49. The summed E-state index contributed by atoms with van der Waals surface area (Å²) in [4.78, 5) is 35.8. The first-order valence-corrected chi connectivity index (χ1v) is 12.5. The van der Waals surface area contributed by atoms with Gasteiger partial charge in [0.15, 0.2) is 16.4 Å². The summed E-state index contributed by atoms with van der Waals surface area (Å²) in [5.41, 5.74) is 1.18. The number of ether oxygens (including phenoxy) is 1. The lowest BCUT2D eigenvalue weighted by molar-refractivity contribution is -0.136. The average Bonchev–Trinajstić information content (AvgIpc) is 3.29. The Morgan fingerprint density at radius 2 is 2.13 bits per heavy atom. The molecular formula is C20H25N3O5S2. The summed E-state index contributed by atoms with van der Waals surface area (Å²) < 4.78 is 28.9. The highest BCUT2D eigenvalue weighted by Crippen LogP contribution is 2.27. The second-order valence-electron chi connectivity index (χ2n) is 7.22. The number of pyridine rings is 1. The minimum absolute atomic E-state index is 0.0300. The molecule has 0 unspecified atom stereocenters. The third-order valence-corrected chi connectivity index (χ3v) is 7.83. The maximum absolute atomic E-state index is 12.7. The quantitative estimate of drug-likeness (QED) is 0.568. The molecule has 0 N–H and O–H groups in total. The van der Waals surface area contributed by atoms with Crippen molar-refractivity contribution in [1.29, 1.82) is 0 Å². The van der Waals surface area contributed by atoms with E-state index in [9.17, 15) is 18.0 Å². The fourth-order valence-electron chi connectivity index (χ4n) is 3.32. The fraction of sp³-hybridized carbons (Fsp3) is 0.500. The third kappa shape index (κ3) is 5.42. The molecule has 162 valence electrons. The van der Waals surface area contributed by atoms with Gasteiger partial charge in [0.2, 0.25) is 0 Å². The first-order valence-electron chi connectivity index (χ1n) is 9.86. The van der Waals surface area contributed by atoms with Crippen molar-refractivity contribution in [3.05, 3.63) is 35.0 Å². The van der Waals surface area contributed by atoms with E-state index in [2.05, 4.69) is 9.97 Å². The average molecular weight is 452 g/mol. The van der Waals surface area contributed by atoms with Gasteiger partial charge < -0.3 is 9.64 Å². The number of carbonyl (C=O) groups is 2. The Hall–Kier alpha value is -2.33. The van der Waals surface area contributed by atoms with Gasteiger partial charge in [-0.15, -0.1) is 11.3 Å². The number of unbranched alkanes of at least 4 members (excludes halogenated alkanes) is 1. The zero-order chi connectivity index (χ0) is 21.7. The molecule has 1 fully saturated rings. The van der Waals surface area contributed by atoms with Crippen LogP contribution in [0.15, 0.2) is 24.4 Å². The highest BCUT2D eigenvalue weighted by Gasteiger charge is 2.34. The summed E-state index contributed by atoms with van der Waals surface area (Å²) in [6.45, 7) is 3.74. The number of nitrogens with zero attached hydrogens (tertiary/aromatic N) is 3. The van der Waals surface area contributed by atoms with Gasteiger partial charge in [0, 0.05) is 18.8 Å². The van der Waals surface area contributed by atoms with Crippen LogP contribution < -0.4 is 0 Å². The van der Waals surface area contributed by atoms with E-state index in [0.29, 0.717) is 34.2 Å². The molecule has 0 spiro atoms. The molecule has 0 saturated carbocycles. The number of rotatable bonds is 8. The largest absolute Gasteiger partial charge is 0.451 e. The van der Waals surface area contributed by atoms with Gasteiger partial charge in [-0.3, -0.25) is 9.78 Å². The van der Waals surface area contributed by atoms with Gasteiger partial charge in [0.25, 0.3) is 5.91 Å². The maximum atomic E-state index is 12.7. The van der Waals surface area contributed by atoms with Gasteiger partial charge in [-0.25, -0.2) is 18.2 Å². The second kappa shape index (κ2) is 9.65. The highest BCUT2D eigenvalue weighted by atomic mass is 32.2. The van der Waals surface area contributed by atoms with Crippen LogP contribution in [0.1, 0.15) is 41.6 Å². The van der Waals surface area contributed by atoms with E-state index in [4.69, 9.17) is 4.74 Å². The zero-order valence-electron chi connectivity index (χ0n) is 17.0. The van der Waals surface area contributed by atoms with Crippen LogP contribution in [0.3, 0.4) is 0 Å². The summed E-state index contributed by atoms with van der Waals surface area (Å²) in [5.74, 6) is -0.928. The van der Waals surface area contributed by atoms with Crippen LogP contribution in [-0.2, 0) is 19.4 Å². The molecule has 10 heteroatoms. The molecule has 30 heavy (non-hydrogen) atoms. The van der Waals surface area contributed by atoms with Gasteiger partial charge >= 0.3 is 5.97 Å². The Labute approximate surface area is 180 Å². The normalized spacial score (nSPS) is 17.6. The first kappa shape index (κ1) is 22.4. The predicted molar refractivity (Wildman–Crippen MR) is 114 cm³/mol. The first-order chi connectivity index (χ1) is 14.3. The lowest BCUT2D eigenvalue weighted by atomic mass is 10.2. The molecule has 3 heterocycles. The van der Waals surface area contributed by atoms with Crippen molar-refractivity contribution in [2.24, 2.45) is 0 Å². The van der Waals surface area contributed by atoms with Crippen LogP contribution in [-0.4, -0.2) is 65.9 Å². The van der Waals surface area contributed by atoms with Gasteiger partial charge in [-0.1, -0.05) is 19.4 Å². The summed E-state index contributed by atoms with van der Waals surface area (Å²) in [7, 11) is -3.12. The number of amides is 1. The fourth-order valence-corrected chi connectivity index (χ4v) is 5.99. The van der Waals surface area contributed by atoms with Gasteiger partial charge in [-0.05, 0) is 31.9 Å². The number of hydrogen-bond donors (Lipinski definition) is 0. The molecule has 0 aromatic carbocycles. The lowest BCUT2D eigenvalue weighted by Crippen LogP contribution is -2.43. The maximum Gasteiger partial charge on any atom is 0.350 e. The Morgan fingerprint density at radius 1 is 1.33 bits per heavy atom. The number of hydrogen-bond acceptors (Lipinski definition) is 8. The smallest absolute Gasteiger partial charge is 0.350 e. The molecule has 0 bridgehead atoms. The number of carbonyl (C=O) groups excluding carboxylic acids is 2. The van der Waals surface area contributed by atoms with Crippen molar-refractivity contribution >= 4 is 33.1 Å². The molecule has 2 aromatic rings. The van der Waals surface area contributed by atoms with Crippen molar-refractivity contribution in [2.75, 3.05) is 24.7 Å². The van der Waals surface area contributed by atoms with Crippen LogP contribution in [0.4, 0.5) is 0 Å². The number of aryl methyl sites for hydroxylation is 1. The van der Waals surface area contributed by atoms with Crippen molar-refractivity contribution in [2.45, 2.75) is 39.2 Å².